The van der Waals surface area contributed by atoms with E-state index in [4.69, 9.17) is 0 Å². The number of aryl methyl sites for hydroxylation is 2. The molecule has 1 aromatic heterocycles. The van der Waals surface area contributed by atoms with Gasteiger partial charge in [0.05, 0.1) is 4.90 Å². The van der Waals surface area contributed by atoms with Crippen molar-refractivity contribution in [2.24, 2.45) is 0 Å². The van der Waals surface area contributed by atoms with Crippen molar-refractivity contribution in [3.05, 3.63) is 83.0 Å². The Bertz CT molecular complexity index is 1230. The number of sulfonamides is 1. The average Bonchev–Trinajstić information content (AvgIpc) is 3.34. The third-order valence-electron chi connectivity index (χ3n) is 5.76. The van der Waals surface area contributed by atoms with Crippen LogP contribution >= 0.6 is 0 Å². The summed E-state index contributed by atoms with van der Waals surface area (Å²) in [5.74, 6) is 0.626. The molecule has 0 atom stereocenters. The van der Waals surface area contributed by atoms with E-state index in [-0.39, 0.29) is 10.8 Å². The summed E-state index contributed by atoms with van der Waals surface area (Å²) in [4.78, 5) is 19.6. The van der Waals surface area contributed by atoms with Crippen LogP contribution in [0.25, 0.3) is 0 Å². The zero-order chi connectivity index (χ0) is 23.4. The summed E-state index contributed by atoms with van der Waals surface area (Å²) in [6.45, 7) is 6.08. The molecule has 0 unspecified atom stereocenters. The molecule has 0 aliphatic carbocycles. The lowest BCUT2D eigenvalue weighted by Gasteiger charge is -2.16. The topological polar surface area (TPSA) is 91.4 Å². The molecule has 8 heteroatoms. The molecule has 172 valence electrons. The Balaban J connectivity index is 1.44. The fourth-order valence-electron chi connectivity index (χ4n) is 3.78. The summed E-state index contributed by atoms with van der Waals surface area (Å²) in [5.41, 5.74) is 3.41. The second kappa shape index (κ2) is 9.62. The monoisotopic (exact) mass is 464 g/mol. The predicted molar refractivity (Wildman–Crippen MR) is 130 cm³/mol. The van der Waals surface area contributed by atoms with Crippen LogP contribution in [0.5, 0.6) is 0 Å². The predicted octanol–water partition coefficient (Wildman–Crippen LogP) is 4.03. The minimum absolute atomic E-state index is 0.0375. The number of nitrogens with one attached hydrogen (secondary N) is 2. The van der Waals surface area contributed by atoms with Gasteiger partial charge in [0.25, 0.3) is 15.9 Å². The number of nitrogens with zero attached hydrogens (tertiary/aromatic N) is 2. The van der Waals surface area contributed by atoms with Crippen LogP contribution in [0.4, 0.5) is 11.5 Å². The third kappa shape index (κ3) is 5.51. The first-order valence-electron chi connectivity index (χ1n) is 11.0. The first-order valence-corrected chi connectivity index (χ1v) is 12.5. The van der Waals surface area contributed by atoms with E-state index in [1.165, 1.54) is 25.0 Å². The molecule has 1 fully saturated rings. The second-order valence-electron chi connectivity index (χ2n) is 8.35. The van der Waals surface area contributed by atoms with Crippen molar-refractivity contribution in [1.82, 2.24) is 10.3 Å². The molecule has 0 saturated carbocycles. The van der Waals surface area contributed by atoms with Crippen LogP contribution in [0.2, 0.25) is 0 Å². The Morgan fingerprint density at radius 3 is 2.39 bits per heavy atom. The molecule has 0 bridgehead atoms. The lowest BCUT2D eigenvalue weighted by molar-refractivity contribution is 0.0950. The molecule has 0 radical (unpaired) electrons. The molecule has 2 aromatic carbocycles. The van der Waals surface area contributed by atoms with Crippen LogP contribution in [0.3, 0.4) is 0 Å². The lowest BCUT2D eigenvalue weighted by atomic mass is 10.1. The van der Waals surface area contributed by atoms with E-state index in [1.807, 2.05) is 31.2 Å². The van der Waals surface area contributed by atoms with Gasteiger partial charge in [0, 0.05) is 37.1 Å². The molecule has 2 heterocycles. The molecular weight excluding hydrogens is 436 g/mol. The van der Waals surface area contributed by atoms with Gasteiger partial charge in [-0.1, -0.05) is 29.8 Å². The van der Waals surface area contributed by atoms with Gasteiger partial charge in [-0.3, -0.25) is 9.52 Å². The number of amides is 1. The summed E-state index contributed by atoms with van der Waals surface area (Å²) >= 11 is 0. The number of aromatic nitrogens is 1. The quantitative estimate of drug-likeness (QED) is 0.551. The molecule has 2 N–H and O–H groups in total. The van der Waals surface area contributed by atoms with Gasteiger partial charge in [-0.05, 0) is 68.1 Å². The van der Waals surface area contributed by atoms with Crippen molar-refractivity contribution < 1.29 is 13.2 Å². The van der Waals surface area contributed by atoms with E-state index < -0.39 is 10.0 Å². The zero-order valence-corrected chi connectivity index (χ0v) is 19.7. The second-order valence-corrected chi connectivity index (χ2v) is 10.0. The van der Waals surface area contributed by atoms with E-state index in [9.17, 15) is 13.2 Å². The van der Waals surface area contributed by atoms with Crippen molar-refractivity contribution in [3.8, 4) is 0 Å². The van der Waals surface area contributed by atoms with Gasteiger partial charge < -0.3 is 10.2 Å². The molecule has 1 aliphatic heterocycles. The van der Waals surface area contributed by atoms with Crippen LogP contribution in [-0.4, -0.2) is 32.4 Å². The summed E-state index contributed by atoms with van der Waals surface area (Å²) < 4.78 is 28.2. The van der Waals surface area contributed by atoms with Gasteiger partial charge >= 0.3 is 0 Å². The molecule has 4 rings (SSSR count). The van der Waals surface area contributed by atoms with E-state index in [1.54, 1.807) is 31.3 Å². The highest BCUT2D eigenvalue weighted by atomic mass is 32.2. The van der Waals surface area contributed by atoms with E-state index in [0.717, 1.165) is 30.0 Å². The van der Waals surface area contributed by atoms with Gasteiger partial charge in [0.1, 0.15) is 5.82 Å². The SMILES string of the molecule is Cc1ccc(NS(=O)(=O)c2ccc(C)c(C(=O)NCc3ccc(N4CCCC4)nc3)c2)cc1. The first-order chi connectivity index (χ1) is 15.8. The summed E-state index contributed by atoms with van der Waals surface area (Å²) in [6, 6.07) is 15.6. The van der Waals surface area contributed by atoms with Crippen molar-refractivity contribution in [2.45, 2.75) is 38.1 Å². The van der Waals surface area contributed by atoms with E-state index in [0.29, 0.717) is 23.4 Å². The van der Waals surface area contributed by atoms with Crippen LogP contribution in [-0.2, 0) is 16.6 Å². The van der Waals surface area contributed by atoms with Gasteiger partial charge in [0.2, 0.25) is 0 Å². The zero-order valence-electron chi connectivity index (χ0n) is 18.8. The Morgan fingerprint density at radius 1 is 1.00 bits per heavy atom. The molecule has 3 aromatic rings. The Morgan fingerprint density at radius 2 is 1.73 bits per heavy atom. The van der Waals surface area contributed by atoms with E-state index in [2.05, 4.69) is 19.9 Å². The van der Waals surface area contributed by atoms with Crippen molar-refractivity contribution >= 4 is 27.4 Å². The summed E-state index contributed by atoms with van der Waals surface area (Å²) in [6.07, 6.45) is 4.15. The highest BCUT2D eigenvalue weighted by molar-refractivity contribution is 7.92. The number of carbonyl (C=O) groups excluding carboxylic acids is 1. The molecule has 1 saturated heterocycles. The minimum atomic E-state index is -3.82. The maximum atomic E-state index is 12.8. The molecule has 0 spiro atoms. The van der Waals surface area contributed by atoms with E-state index >= 15 is 0 Å². The number of pyridine rings is 1. The van der Waals surface area contributed by atoms with Gasteiger partial charge in [-0.25, -0.2) is 13.4 Å². The standard InChI is InChI=1S/C25H28N4O3S/c1-18-5-9-21(10-6-18)28-33(31,32)22-11-7-19(2)23(15-22)25(30)27-17-20-8-12-24(26-16-20)29-13-3-4-14-29/h5-12,15-16,28H,3-4,13-14,17H2,1-2H3,(H,27,30). The third-order valence-corrected chi connectivity index (χ3v) is 7.14. The van der Waals surface area contributed by atoms with Crippen LogP contribution < -0.4 is 14.9 Å². The number of benzene rings is 2. The number of rotatable bonds is 7. The highest BCUT2D eigenvalue weighted by Gasteiger charge is 2.19. The summed E-state index contributed by atoms with van der Waals surface area (Å²) in [7, 11) is -3.82. The molecule has 33 heavy (non-hydrogen) atoms. The first kappa shape index (κ1) is 22.8. The number of hydrogen-bond donors (Lipinski definition) is 2. The van der Waals surface area contributed by atoms with Crippen LogP contribution in [0.1, 0.15) is 39.9 Å². The highest BCUT2D eigenvalue weighted by Crippen LogP contribution is 2.20. The van der Waals surface area contributed by atoms with Crippen LogP contribution in [0, 0.1) is 13.8 Å². The summed E-state index contributed by atoms with van der Waals surface area (Å²) in [5, 5.41) is 2.87. The molecular formula is C25H28N4O3S. The normalized spacial score (nSPS) is 13.7. The molecule has 1 aliphatic rings. The van der Waals surface area contributed by atoms with Crippen molar-refractivity contribution in [1.29, 1.82) is 0 Å². The maximum Gasteiger partial charge on any atom is 0.261 e. The van der Waals surface area contributed by atoms with Gasteiger partial charge in [-0.2, -0.15) is 0 Å². The van der Waals surface area contributed by atoms with Crippen LogP contribution in [0.15, 0.2) is 65.7 Å². The molecule has 1 amide bonds. The van der Waals surface area contributed by atoms with Crippen molar-refractivity contribution in [3.63, 3.8) is 0 Å². The maximum absolute atomic E-state index is 12.8. The minimum Gasteiger partial charge on any atom is -0.357 e. The number of carbonyl (C=O) groups is 1. The Kier molecular flexibility index (Phi) is 6.65. The largest absolute Gasteiger partial charge is 0.357 e. The fourth-order valence-corrected chi connectivity index (χ4v) is 4.87. The number of hydrogen-bond acceptors (Lipinski definition) is 5. The van der Waals surface area contributed by atoms with Gasteiger partial charge in [0.15, 0.2) is 0 Å². The van der Waals surface area contributed by atoms with Crippen molar-refractivity contribution in [2.75, 3.05) is 22.7 Å². The Labute approximate surface area is 194 Å². The smallest absolute Gasteiger partial charge is 0.261 e. The number of anilines is 2. The Hall–Kier alpha value is -3.39. The lowest BCUT2D eigenvalue weighted by Crippen LogP contribution is -2.24. The average molecular weight is 465 g/mol. The molecule has 7 nitrogen and oxygen atoms in total. The fraction of sp³-hybridized carbons (Fsp3) is 0.280. The van der Waals surface area contributed by atoms with Gasteiger partial charge in [-0.15, -0.1) is 0 Å².